The molecule has 1 amide bonds. The van der Waals surface area contributed by atoms with E-state index in [1.54, 1.807) is 4.90 Å². The Hall–Kier alpha value is -0.770. The van der Waals surface area contributed by atoms with E-state index in [1.165, 1.54) is 0 Å². The minimum atomic E-state index is -0.677. The number of nitrogens with zero attached hydrogens (tertiary/aromatic N) is 1. The summed E-state index contributed by atoms with van der Waals surface area (Å²) in [5.41, 5.74) is -0.677. The lowest BCUT2D eigenvalue weighted by molar-refractivity contribution is -0.0117. The summed E-state index contributed by atoms with van der Waals surface area (Å²) in [5.74, 6) is 0.288. The van der Waals surface area contributed by atoms with Crippen molar-refractivity contribution < 1.29 is 14.6 Å². The average Bonchev–Trinajstić information content (AvgIpc) is 2.64. The Kier molecular flexibility index (Phi) is 2.39. The largest absolute Gasteiger partial charge is 0.448 e. The Bertz CT molecular complexity index is 244. The third-order valence-corrected chi connectivity index (χ3v) is 3.47. The zero-order chi connectivity index (χ0) is 10.2. The van der Waals surface area contributed by atoms with Crippen LogP contribution >= 0.6 is 0 Å². The number of hydrogen-bond acceptors (Lipinski definition) is 3. The van der Waals surface area contributed by atoms with Crippen LogP contribution in [0.15, 0.2) is 0 Å². The molecular formula is C10H17NO3. The minimum absolute atomic E-state index is 0.280. The summed E-state index contributed by atoms with van der Waals surface area (Å²) in [7, 11) is 0. The van der Waals surface area contributed by atoms with E-state index in [4.69, 9.17) is 4.74 Å². The number of rotatable bonds is 2. The maximum atomic E-state index is 11.2. The molecule has 2 fully saturated rings. The molecule has 1 aliphatic heterocycles. The fourth-order valence-electron chi connectivity index (χ4n) is 2.36. The summed E-state index contributed by atoms with van der Waals surface area (Å²) in [5, 5.41) is 10.3. The molecule has 0 aromatic heterocycles. The van der Waals surface area contributed by atoms with Crippen LogP contribution in [0.1, 0.15) is 26.2 Å². The van der Waals surface area contributed by atoms with E-state index in [9.17, 15) is 9.90 Å². The van der Waals surface area contributed by atoms with E-state index in [-0.39, 0.29) is 12.0 Å². The van der Waals surface area contributed by atoms with Gasteiger partial charge in [-0.15, -0.1) is 0 Å². The number of carbonyl (C=O) groups excluding carboxylic acids is 1. The average molecular weight is 199 g/mol. The Morgan fingerprint density at radius 2 is 2.50 bits per heavy atom. The highest BCUT2D eigenvalue weighted by Gasteiger charge is 2.41. The molecule has 2 atom stereocenters. The van der Waals surface area contributed by atoms with Crippen molar-refractivity contribution in [2.24, 2.45) is 5.92 Å². The third kappa shape index (κ3) is 1.59. The van der Waals surface area contributed by atoms with Gasteiger partial charge in [-0.05, 0) is 18.8 Å². The first-order chi connectivity index (χ1) is 6.62. The van der Waals surface area contributed by atoms with E-state index in [2.05, 4.69) is 6.92 Å². The summed E-state index contributed by atoms with van der Waals surface area (Å²) in [6.45, 7) is 3.57. The van der Waals surface area contributed by atoms with E-state index in [0.717, 1.165) is 19.3 Å². The molecular weight excluding hydrogens is 182 g/mol. The third-order valence-electron chi connectivity index (χ3n) is 3.47. The lowest BCUT2D eigenvalue weighted by Gasteiger charge is -2.31. The Labute approximate surface area is 83.8 Å². The molecule has 0 bridgehead atoms. The Balaban J connectivity index is 1.98. The topological polar surface area (TPSA) is 49.8 Å². The Morgan fingerprint density at radius 3 is 3.00 bits per heavy atom. The van der Waals surface area contributed by atoms with Gasteiger partial charge in [-0.2, -0.15) is 0 Å². The first kappa shape index (κ1) is 9.77. The highest BCUT2D eigenvalue weighted by molar-refractivity contribution is 5.69. The standard InChI is InChI=1S/C10H17NO3/c1-8-3-2-4-10(8,13)7-11-5-6-14-9(11)12/h8,13H,2-7H2,1H3. The molecule has 2 unspecified atom stereocenters. The molecule has 1 saturated carbocycles. The van der Waals surface area contributed by atoms with Gasteiger partial charge in [0.2, 0.25) is 0 Å². The normalized spacial score (nSPS) is 37.7. The van der Waals surface area contributed by atoms with Gasteiger partial charge in [0.05, 0.1) is 18.7 Å². The molecule has 1 heterocycles. The molecule has 4 nitrogen and oxygen atoms in total. The first-order valence-corrected chi connectivity index (χ1v) is 5.26. The van der Waals surface area contributed by atoms with Crippen molar-refractivity contribution in [2.75, 3.05) is 19.7 Å². The van der Waals surface area contributed by atoms with Gasteiger partial charge in [0.25, 0.3) is 0 Å². The fraction of sp³-hybridized carbons (Fsp3) is 0.900. The van der Waals surface area contributed by atoms with E-state index in [1.807, 2.05) is 0 Å². The van der Waals surface area contributed by atoms with Crippen molar-refractivity contribution >= 4 is 6.09 Å². The number of carbonyl (C=O) groups is 1. The number of cyclic esters (lactones) is 1. The van der Waals surface area contributed by atoms with Crippen molar-refractivity contribution in [3.8, 4) is 0 Å². The molecule has 0 radical (unpaired) electrons. The quantitative estimate of drug-likeness (QED) is 0.721. The molecule has 0 aromatic carbocycles. The van der Waals surface area contributed by atoms with Gasteiger partial charge in [-0.25, -0.2) is 4.79 Å². The molecule has 0 spiro atoms. The molecule has 1 saturated heterocycles. The van der Waals surface area contributed by atoms with Crippen LogP contribution in [0.5, 0.6) is 0 Å². The van der Waals surface area contributed by atoms with Crippen LogP contribution in [0.3, 0.4) is 0 Å². The van der Waals surface area contributed by atoms with Crippen molar-refractivity contribution in [3.05, 3.63) is 0 Å². The number of ether oxygens (including phenoxy) is 1. The van der Waals surface area contributed by atoms with Gasteiger partial charge in [0.15, 0.2) is 0 Å². The number of β-amino-alcohol motifs (C(OH)–C–C–N with tert-alkyl or cyclic N) is 1. The molecule has 2 aliphatic rings. The summed E-state index contributed by atoms with van der Waals surface area (Å²) < 4.78 is 4.83. The van der Waals surface area contributed by atoms with Gasteiger partial charge in [-0.1, -0.05) is 13.3 Å². The molecule has 0 aromatic rings. The van der Waals surface area contributed by atoms with Crippen LogP contribution in [0, 0.1) is 5.92 Å². The van der Waals surface area contributed by atoms with E-state index < -0.39 is 5.60 Å². The van der Waals surface area contributed by atoms with Crippen LogP contribution in [0.4, 0.5) is 4.79 Å². The molecule has 80 valence electrons. The molecule has 14 heavy (non-hydrogen) atoms. The van der Waals surface area contributed by atoms with Crippen LogP contribution in [-0.2, 0) is 4.74 Å². The van der Waals surface area contributed by atoms with Crippen LogP contribution in [0.25, 0.3) is 0 Å². The van der Waals surface area contributed by atoms with Crippen LogP contribution in [-0.4, -0.2) is 41.4 Å². The lowest BCUT2D eigenvalue weighted by Crippen LogP contribution is -2.45. The van der Waals surface area contributed by atoms with Crippen LogP contribution in [0.2, 0.25) is 0 Å². The van der Waals surface area contributed by atoms with Gasteiger partial charge in [-0.3, -0.25) is 0 Å². The minimum Gasteiger partial charge on any atom is -0.448 e. The molecule has 2 rings (SSSR count). The second-order valence-corrected chi connectivity index (χ2v) is 4.43. The monoisotopic (exact) mass is 199 g/mol. The van der Waals surface area contributed by atoms with Crippen molar-refractivity contribution in [1.29, 1.82) is 0 Å². The van der Waals surface area contributed by atoms with Gasteiger partial charge < -0.3 is 14.7 Å². The van der Waals surface area contributed by atoms with E-state index >= 15 is 0 Å². The molecule has 1 aliphatic carbocycles. The highest BCUT2D eigenvalue weighted by Crippen LogP contribution is 2.36. The number of aliphatic hydroxyl groups is 1. The summed E-state index contributed by atoms with van der Waals surface area (Å²) in [4.78, 5) is 12.8. The van der Waals surface area contributed by atoms with Gasteiger partial charge >= 0.3 is 6.09 Å². The maximum absolute atomic E-state index is 11.2. The van der Waals surface area contributed by atoms with E-state index in [0.29, 0.717) is 19.7 Å². The SMILES string of the molecule is CC1CCCC1(O)CN1CCOC1=O. The van der Waals surface area contributed by atoms with Crippen molar-refractivity contribution in [1.82, 2.24) is 4.90 Å². The van der Waals surface area contributed by atoms with Gasteiger partial charge in [0.1, 0.15) is 6.61 Å². The molecule has 1 N–H and O–H groups in total. The van der Waals surface area contributed by atoms with Crippen LogP contribution < -0.4 is 0 Å². The second kappa shape index (κ2) is 3.42. The maximum Gasteiger partial charge on any atom is 0.410 e. The summed E-state index contributed by atoms with van der Waals surface area (Å²) in [6.07, 6.45) is 2.63. The van der Waals surface area contributed by atoms with Crippen molar-refractivity contribution in [2.45, 2.75) is 31.8 Å². The predicted octanol–water partition coefficient (Wildman–Crippen LogP) is 0.990. The number of hydrogen-bond donors (Lipinski definition) is 1. The lowest BCUT2D eigenvalue weighted by atomic mass is 9.92. The Morgan fingerprint density at radius 1 is 1.71 bits per heavy atom. The zero-order valence-electron chi connectivity index (χ0n) is 8.53. The van der Waals surface area contributed by atoms with Gasteiger partial charge in [0, 0.05) is 0 Å². The molecule has 4 heteroatoms. The smallest absolute Gasteiger partial charge is 0.410 e. The van der Waals surface area contributed by atoms with Crippen molar-refractivity contribution in [3.63, 3.8) is 0 Å². The fourth-order valence-corrected chi connectivity index (χ4v) is 2.36. The summed E-state index contributed by atoms with van der Waals surface area (Å²) >= 11 is 0. The second-order valence-electron chi connectivity index (χ2n) is 4.43. The zero-order valence-corrected chi connectivity index (χ0v) is 8.53. The summed E-state index contributed by atoms with van der Waals surface area (Å²) in [6, 6.07) is 0. The highest BCUT2D eigenvalue weighted by atomic mass is 16.6. The first-order valence-electron chi connectivity index (χ1n) is 5.26. The predicted molar refractivity (Wildman–Crippen MR) is 50.9 cm³/mol. The number of amides is 1.